The fourth-order valence-corrected chi connectivity index (χ4v) is 4.22. The molecule has 0 N–H and O–H groups in total. The molecule has 1 atom stereocenters. The fraction of sp³-hybridized carbons (Fsp3) is 0.0909. The summed E-state index contributed by atoms with van der Waals surface area (Å²) < 4.78 is 1.13. The van der Waals surface area contributed by atoms with Crippen molar-refractivity contribution in [2.45, 2.75) is 5.38 Å². The van der Waals surface area contributed by atoms with E-state index in [0.29, 0.717) is 24.3 Å². The largest absolute Gasteiger partial charge is 0.112 e. The normalized spacial score (nSPS) is 12.8. The van der Waals surface area contributed by atoms with Crippen LogP contribution in [-0.2, 0) is 0 Å². The molecule has 2 rings (SSSR count). The molecule has 2 aromatic rings. The summed E-state index contributed by atoms with van der Waals surface area (Å²) in [6.07, 6.45) is 0. The van der Waals surface area contributed by atoms with Gasteiger partial charge in [-0.05, 0) is 18.2 Å². The molecule has 0 bridgehead atoms. The summed E-state index contributed by atoms with van der Waals surface area (Å²) in [7, 11) is 0. The molecule has 0 saturated carbocycles. The summed E-state index contributed by atoms with van der Waals surface area (Å²) in [5, 5.41) is 0.513. The molecule has 0 spiro atoms. The zero-order valence-electron chi connectivity index (χ0n) is 8.18. The Morgan fingerprint density at radius 1 is 1.00 bits per heavy atom. The molecule has 0 aliphatic heterocycles. The van der Waals surface area contributed by atoms with E-state index in [1.807, 2.05) is 0 Å². The standard InChI is InChI=1S/C11H5Cl5S/c12-6-2-1-3-7(13)9(6)10(15)5-4-8(14)17-11(5)16/h1-4,10H. The van der Waals surface area contributed by atoms with Gasteiger partial charge in [0.2, 0.25) is 0 Å². The molecule has 0 saturated heterocycles. The second-order valence-corrected chi connectivity index (χ2v) is 6.81. The Morgan fingerprint density at radius 2 is 1.59 bits per heavy atom. The first-order valence-electron chi connectivity index (χ1n) is 4.53. The molecular weight excluding hydrogens is 341 g/mol. The highest BCUT2D eigenvalue weighted by atomic mass is 35.5. The van der Waals surface area contributed by atoms with Crippen LogP contribution in [0.25, 0.3) is 0 Å². The molecule has 1 unspecified atom stereocenters. The Bertz CT molecular complexity index is 529. The molecule has 0 amide bonds. The first-order chi connectivity index (χ1) is 8.00. The molecular formula is C11H5Cl5S. The maximum absolute atomic E-state index is 6.36. The van der Waals surface area contributed by atoms with Crippen LogP contribution in [0.3, 0.4) is 0 Å². The second kappa shape index (κ2) is 5.56. The highest BCUT2D eigenvalue weighted by molar-refractivity contribution is 7.20. The second-order valence-electron chi connectivity index (χ2n) is 3.28. The number of hydrogen-bond donors (Lipinski definition) is 0. The number of rotatable bonds is 2. The quantitative estimate of drug-likeness (QED) is 0.531. The maximum atomic E-state index is 6.36. The molecule has 17 heavy (non-hydrogen) atoms. The third kappa shape index (κ3) is 2.86. The van der Waals surface area contributed by atoms with Gasteiger partial charge >= 0.3 is 0 Å². The van der Waals surface area contributed by atoms with Crippen LogP contribution < -0.4 is 0 Å². The number of hydrogen-bond acceptors (Lipinski definition) is 1. The topological polar surface area (TPSA) is 0 Å². The van der Waals surface area contributed by atoms with Gasteiger partial charge in [-0.15, -0.1) is 22.9 Å². The lowest BCUT2D eigenvalue weighted by atomic mass is 10.1. The van der Waals surface area contributed by atoms with Crippen molar-refractivity contribution >= 4 is 69.3 Å². The molecule has 1 aromatic carbocycles. The lowest BCUT2D eigenvalue weighted by Crippen LogP contribution is -1.94. The van der Waals surface area contributed by atoms with E-state index in [1.54, 1.807) is 24.3 Å². The predicted molar refractivity (Wildman–Crippen MR) is 78.5 cm³/mol. The van der Waals surface area contributed by atoms with E-state index in [9.17, 15) is 0 Å². The first-order valence-corrected chi connectivity index (χ1v) is 7.30. The zero-order chi connectivity index (χ0) is 12.6. The first kappa shape index (κ1) is 13.8. The van der Waals surface area contributed by atoms with Gasteiger partial charge in [0.25, 0.3) is 0 Å². The van der Waals surface area contributed by atoms with Gasteiger partial charge in [0.1, 0.15) is 0 Å². The molecule has 0 fully saturated rings. The molecule has 90 valence electrons. The van der Waals surface area contributed by atoms with Gasteiger partial charge in [0, 0.05) is 21.2 Å². The average molecular weight is 346 g/mol. The Morgan fingerprint density at radius 3 is 2.06 bits per heavy atom. The van der Waals surface area contributed by atoms with Crippen LogP contribution in [-0.4, -0.2) is 0 Å². The molecule has 0 nitrogen and oxygen atoms in total. The van der Waals surface area contributed by atoms with Crippen LogP contribution >= 0.6 is 69.3 Å². The lowest BCUT2D eigenvalue weighted by molar-refractivity contribution is 1.16. The zero-order valence-corrected chi connectivity index (χ0v) is 12.8. The Labute approximate surface area is 128 Å². The van der Waals surface area contributed by atoms with Crippen LogP contribution in [0.15, 0.2) is 24.3 Å². The number of thiophene rings is 1. The van der Waals surface area contributed by atoms with Crippen LogP contribution in [0.4, 0.5) is 0 Å². The minimum Gasteiger partial charge on any atom is -0.112 e. The molecule has 1 heterocycles. The van der Waals surface area contributed by atoms with E-state index in [0.717, 1.165) is 5.56 Å². The van der Waals surface area contributed by atoms with E-state index in [-0.39, 0.29) is 0 Å². The van der Waals surface area contributed by atoms with Gasteiger partial charge in [-0.25, -0.2) is 0 Å². The van der Waals surface area contributed by atoms with Crippen LogP contribution in [0, 0.1) is 0 Å². The molecule has 6 heteroatoms. The van der Waals surface area contributed by atoms with Gasteiger partial charge in [0.15, 0.2) is 0 Å². The number of alkyl halides is 1. The predicted octanol–water partition coefficient (Wildman–Crippen LogP) is 6.69. The minimum atomic E-state index is -0.507. The summed E-state index contributed by atoms with van der Waals surface area (Å²) in [4.78, 5) is 0. The summed E-state index contributed by atoms with van der Waals surface area (Å²) in [6.45, 7) is 0. The van der Waals surface area contributed by atoms with Crippen LogP contribution in [0.5, 0.6) is 0 Å². The van der Waals surface area contributed by atoms with E-state index in [2.05, 4.69) is 0 Å². The lowest BCUT2D eigenvalue weighted by Gasteiger charge is -2.12. The van der Waals surface area contributed by atoms with Crippen molar-refractivity contribution in [3.63, 3.8) is 0 Å². The molecule has 0 radical (unpaired) electrons. The van der Waals surface area contributed by atoms with Crippen molar-refractivity contribution in [2.24, 2.45) is 0 Å². The van der Waals surface area contributed by atoms with Crippen molar-refractivity contribution in [1.29, 1.82) is 0 Å². The maximum Gasteiger partial charge on any atom is 0.0994 e. The Balaban J connectivity index is 2.51. The number of benzene rings is 1. The number of halogens is 5. The van der Waals surface area contributed by atoms with Crippen LogP contribution in [0.1, 0.15) is 16.5 Å². The van der Waals surface area contributed by atoms with Crippen molar-refractivity contribution in [2.75, 3.05) is 0 Å². The van der Waals surface area contributed by atoms with Gasteiger partial charge in [-0.1, -0.05) is 52.5 Å². The summed E-state index contributed by atoms with van der Waals surface area (Å²) in [5.74, 6) is 0. The fourth-order valence-electron chi connectivity index (χ4n) is 1.43. The van der Waals surface area contributed by atoms with Gasteiger partial charge in [0.05, 0.1) is 14.0 Å². The molecule has 0 aliphatic carbocycles. The van der Waals surface area contributed by atoms with E-state index >= 15 is 0 Å². The smallest absolute Gasteiger partial charge is 0.0994 e. The van der Waals surface area contributed by atoms with Crippen molar-refractivity contribution in [1.82, 2.24) is 0 Å². The van der Waals surface area contributed by atoms with Crippen LogP contribution in [0.2, 0.25) is 18.7 Å². The average Bonchev–Trinajstić information content (AvgIpc) is 2.57. The van der Waals surface area contributed by atoms with Crippen molar-refractivity contribution < 1.29 is 0 Å². The van der Waals surface area contributed by atoms with E-state index < -0.39 is 5.38 Å². The van der Waals surface area contributed by atoms with E-state index in [4.69, 9.17) is 58.0 Å². The Hall–Kier alpha value is 0.370. The van der Waals surface area contributed by atoms with Gasteiger partial charge in [-0.2, -0.15) is 0 Å². The summed E-state index contributed by atoms with van der Waals surface area (Å²) in [6, 6.07) is 6.96. The van der Waals surface area contributed by atoms with Crippen molar-refractivity contribution in [3.8, 4) is 0 Å². The highest BCUT2D eigenvalue weighted by Crippen LogP contribution is 2.44. The third-order valence-electron chi connectivity index (χ3n) is 2.21. The molecule has 1 aromatic heterocycles. The SMILES string of the molecule is Clc1cc(C(Cl)c2c(Cl)cccc2Cl)c(Cl)s1. The third-order valence-corrected chi connectivity index (χ3v) is 4.84. The highest BCUT2D eigenvalue weighted by Gasteiger charge is 2.21. The van der Waals surface area contributed by atoms with Gasteiger partial charge < -0.3 is 0 Å². The van der Waals surface area contributed by atoms with E-state index in [1.165, 1.54) is 11.3 Å². The Kier molecular flexibility index (Phi) is 4.51. The minimum absolute atomic E-state index is 0.507. The van der Waals surface area contributed by atoms with Crippen molar-refractivity contribution in [3.05, 3.63) is 54.1 Å². The monoisotopic (exact) mass is 344 g/mol. The van der Waals surface area contributed by atoms with Gasteiger partial charge in [-0.3, -0.25) is 0 Å². The molecule has 0 aliphatic rings. The summed E-state index contributed by atoms with van der Waals surface area (Å²) >= 11 is 31.7. The summed E-state index contributed by atoms with van der Waals surface area (Å²) in [5.41, 5.74) is 1.37.